The van der Waals surface area contributed by atoms with Crippen LogP contribution in [-0.2, 0) is 26.7 Å². The van der Waals surface area contributed by atoms with Gasteiger partial charge < -0.3 is 19.2 Å². The number of oxazole rings is 1. The molecule has 3 aromatic carbocycles. The van der Waals surface area contributed by atoms with Crippen LogP contribution >= 0.6 is 11.6 Å². The molecule has 1 aliphatic rings. The van der Waals surface area contributed by atoms with E-state index in [0.29, 0.717) is 58.7 Å². The van der Waals surface area contributed by atoms with E-state index in [4.69, 9.17) is 20.8 Å². The quantitative estimate of drug-likeness (QED) is 0.0892. The van der Waals surface area contributed by atoms with E-state index in [1.807, 2.05) is 60.4 Å². The Morgan fingerprint density at radius 3 is 2.51 bits per heavy atom. The van der Waals surface area contributed by atoms with Gasteiger partial charge in [0.05, 0.1) is 23.3 Å². The average molecular weight is 700 g/mol. The van der Waals surface area contributed by atoms with Crippen LogP contribution in [-0.4, -0.2) is 45.3 Å². The fraction of sp³-hybridized carbons (Fsp3) is 0.273. The maximum Gasteiger partial charge on any atom is 0.374 e. The molecule has 14 heteroatoms. The number of rotatable bonds is 12. The second-order valence-corrected chi connectivity index (χ2v) is 15.1. The van der Waals surface area contributed by atoms with Crippen LogP contribution in [0.15, 0.2) is 93.1 Å². The maximum atomic E-state index is 12.8. The number of sulfonamides is 1. The Kier molecular flexibility index (Phi) is 10.1. The zero-order valence-corrected chi connectivity index (χ0v) is 28.3. The predicted molar refractivity (Wildman–Crippen MR) is 180 cm³/mol. The molecule has 1 unspecified atom stereocenters. The number of nitrogens with zero attached hydrogens (tertiary/aromatic N) is 3. The van der Waals surface area contributed by atoms with E-state index in [-0.39, 0.29) is 13.0 Å². The van der Waals surface area contributed by atoms with Crippen LogP contribution in [0.4, 0.5) is 5.69 Å². The molecule has 1 atom stereocenters. The second-order valence-electron chi connectivity index (χ2n) is 11.2. The van der Waals surface area contributed by atoms with E-state index < -0.39 is 31.3 Å². The summed E-state index contributed by atoms with van der Waals surface area (Å²) in [7, 11) is -8.08. The van der Waals surface area contributed by atoms with Crippen molar-refractivity contribution in [2.24, 2.45) is 4.40 Å². The molecule has 11 nitrogen and oxygen atoms in total. The molecule has 0 radical (unpaired) electrons. The lowest BCUT2D eigenvalue weighted by atomic mass is 10.1. The molecule has 248 valence electrons. The summed E-state index contributed by atoms with van der Waals surface area (Å²) in [6.07, 6.45) is 5.60. The number of benzene rings is 3. The van der Waals surface area contributed by atoms with E-state index >= 15 is 0 Å². The van der Waals surface area contributed by atoms with Crippen molar-refractivity contribution in [3.63, 3.8) is 0 Å². The predicted octanol–water partition coefficient (Wildman–Crippen LogP) is 5.35. The van der Waals surface area contributed by atoms with Crippen molar-refractivity contribution in [3.8, 4) is 16.9 Å². The zero-order chi connectivity index (χ0) is 33.9. The van der Waals surface area contributed by atoms with Crippen LogP contribution in [0.2, 0.25) is 5.02 Å². The summed E-state index contributed by atoms with van der Waals surface area (Å²) < 4.78 is 73.4. The molecule has 1 aromatic heterocycles. The number of ether oxygens (including phenoxy) is 1. The number of halogens is 1. The number of aromatic nitrogens is 1. The number of fused-ring (bicyclic) bond motifs is 2. The van der Waals surface area contributed by atoms with Crippen molar-refractivity contribution in [2.45, 2.75) is 44.9 Å². The van der Waals surface area contributed by atoms with Crippen molar-refractivity contribution >= 4 is 60.5 Å². The van der Waals surface area contributed by atoms with Gasteiger partial charge in [0.1, 0.15) is 0 Å². The lowest BCUT2D eigenvalue weighted by Crippen LogP contribution is -2.44. The van der Waals surface area contributed by atoms with Gasteiger partial charge in [-0.1, -0.05) is 54.9 Å². The molecule has 4 aromatic rings. The first-order chi connectivity index (χ1) is 22.2. The van der Waals surface area contributed by atoms with Gasteiger partial charge in [0.2, 0.25) is 21.5 Å². The van der Waals surface area contributed by atoms with Gasteiger partial charge in [-0.15, -0.1) is 0 Å². The Hall–Kier alpha value is -4.17. The first kappa shape index (κ1) is 34.2. The maximum absolute atomic E-state index is 12.8. The highest BCUT2D eigenvalue weighted by Crippen LogP contribution is 2.41. The van der Waals surface area contributed by atoms with Crippen molar-refractivity contribution in [3.05, 3.63) is 95.2 Å². The van der Waals surface area contributed by atoms with E-state index in [0.717, 1.165) is 23.0 Å². The molecule has 1 aliphatic heterocycles. The van der Waals surface area contributed by atoms with Crippen LogP contribution in [0, 0.1) is 0 Å². The summed E-state index contributed by atoms with van der Waals surface area (Å²) in [4.78, 5) is 1.88. The topological polar surface area (TPSA) is 153 Å². The Balaban J connectivity index is 1.56. The van der Waals surface area contributed by atoms with Gasteiger partial charge in [-0.25, -0.2) is 8.42 Å². The fourth-order valence-corrected chi connectivity index (χ4v) is 6.25. The normalized spacial score (nSPS) is 15.7. The Bertz CT molecular complexity index is 2110. The Morgan fingerprint density at radius 1 is 1.09 bits per heavy atom. The fourth-order valence-electron chi connectivity index (χ4n) is 5.19. The lowest BCUT2D eigenvalue weighted by molar-refractivity contribution is -0.668. The van der Waals surface area contributed by atoms with Crippen molar-refractivity contribution < 1.29 is 40.2 Å². The van der Waals surface area contributed by atoms with E-state index in [1.54, 1.807) is 34.9 Å². The van der Waals surface area contributed by atoms with Gasteiger partial charge in [0, 0.05) is 29.6 Å². The minimum absolute atomic E-state index is 0.228. The molecule has 0 amide bonds. The van der Waals surface area contributed by atoms with Crippen LogP contribution < -0.4 is 19.3 Å². The molecule has 0 aliphatic carbocycles. The number of hydrogen-bond donors (Lipinski definition) is 1. The third-order valence-electron chi connectivity index (χ3n) is 7.62. The number of anilines is 1. The minimum atomic E-state index is -4.16. The number of hydrogen-bond acceptors (Lipinski definition) is 8. The van der Waals surface area contributed by atoms with E-state index in [9.17, 15) is 26.5 Å². The third kappa shape index (κ3) is 8.41. The van der Waals surface area contributed by atoms with E-state index in [2.05, 4.69) is 4.40 Å². The largest absolute Gasteiger partial charge is 0.857 e. The van der Waals surface area contributed by atoms with Crippen molar-refractivity contribution in [2.75, 3.05) is 17.7 Å². The van der Waals surface area contributed by atoms with Crippen molar-refractivity contribution in [1.29, 1.82) is 0 Å². The molecular formula is C33H34ClN3O8S2. The third-order valence-corrected chi connectivity index (χ3v) is 9.64. The molecule has 2 heterocycles. The standard InChI is InChI=1S/C33H34ClN3O8S2/c1-4-23(17-32-36(16-8-9-22(2)47(41,42)43)28-20-26(34)13-15-30(28)44-32)18-33-37(21-31(38)35-46(3,39)40)27-19-25(12-14-29(27)45-33)24-10-6-5-7-11-24/h5-7,10-15,17-20,22H,4,8-9,16,21H2,1-3H3,(H-,35,38,41,42,43). The molecule has 0 bridgehead atoms. The highest BCUT2D eigenvalue weighted by Gasteiger charge is 2.28. The highest BCUT2D eigenvalue weighted by atomic mass is 35.5. The molecule has 1 N–H and O–H groups in total. The molecule has 0 saturated carbocycles. The summed E-state index contributed by atoms with van der Waals surface area (Å²) >= 11 is 6.30. The molecule has 0 fully saturated rings. The Morgan fingerprint density at radius 2 is 1.83 bits per heavy atom. The zero-order valence-electron chi connectivity index (χ0n) is 26.0. The summed E-state index contributed by atoms with van der Waals surface area (Å²) in [5, 5.41) is 12.4. The highest BCUT2D eigenvalue weighted by molar-refractivity contribution is 7.89. The molecule has 5 rings (SSSR count). The van der Waals surface area contributed by atoms with Gasteiger partial charge in [-0.05, 0) is 67.2 Å². The van der Waals surface area contributed by atoms with Crippen LogP contribution in [0.25, 0.3) is 28.3 Å². The smallest absolute Gasteiger partial charge is 0.374 e. The summed E-state index contributed by atoms with van der Waals surface area (Å²) in [6.45, 7) is 3.39. The summed E-state index contributed by atoms with van der Waals surface area (Å²) in [6, 6.07) is 20.5. The molecular weight excluding hydrogens is 666 g/mol. The second kappa shape index (κ2) is 13.9. The van der Waals surface area contributed by atoms with Crippen LogP contribution in [0.5, 0.6) is 5.75 Å². The number of allylic oxidation sites excluding steroid dienone is 2. The first-order valence-electron chi connectivity index (χ1n) is 14.8. The Labute approximate surface area is 278 Å². The minimum Gasteiger partial charge on any atom is -0.857 e. The lowest BCUT2D eigenvalue weighted by Gasteiger charge is -2.19. The summed E-state index contributed by atoms with van der Waals surface area (Å²) in [5.41, 5.74) is 4.35. The SMILES string of the molecule is CC/C(C=C1Oc2ccc(Cl)cc2N1CCCC(C)S(=O)(=O)O)=C\c1oc2ccc(-c3ccccc3)cc2[n+]1C/C([O-])=N/S(C)(=O)=O. The van der Waals surface area contributed by atoms with Gasteiger partial charge in [0.25, 0.3) is 15.6 Å². The summed E-state index contributed by atoms with van der Waals surface area (Å²) in [5.74, 6) is 0.474. The molecule has 0 spiro atoms. The van der Waals surface area contributed by atoms with E-state index in [1.165, 1.54) is 6.92 Å². The van der Waals surface area contributed by atoms with Gasteiger partial charge in [-0.3, -0.25) is 4.55 Å². The van der Waals surface area contributed by atoms with Gasteiger partial charge in [0.15, 0.2) is 12.3 Å². The van der Waals surface area contributed by atoms with Gasteiger partial charge >= 0.3 is 5.89 Å². The monoisotopic (exact) mass is 699 g/mol. The first-order valence-corrected chi connectivity index (χ1v) is 18.6. The van der Waals surface area contributed by atoms with Crippen LogP contribution in [0.1, 0.15) is 39.0 Å². The molecule has 47 heavy (non-hydrogen) atoms. The van der Waals surface area contributed by atoms with Crippen LogP contribution in [0.3, 0.4) is 0 Å². The molecule has 0 saturated heterocycles. The van der Waals surface area contributed by atoms with Gasteiger partial charge in [-0.2, -0.15) is 17.4 Å². The average Bonchev–Trinajstić information content (AvgIpc) is 3.51. The van der Waals surface area contributed by atoms with Crippen molar-refractivity contribution in [1.82, 2.24) is 0 Å².